The predicted octanol–water partition coefficient (Wildman–Crippen LogP) is 3.31. The molecule has 0 spiro atoms. The first kappa shape index (κ1) is 21.6. The number of aromatic nitrogens is 1. The molecule has 2 aliphatic heterocycles. The maximum atomic E-state index is 13.5. The Bertz CT molecular complexity index is 1330. The highest BCUT2D eigenvalue weighted by atomic mass is 16.6. The Hall–Kier alpha value is -4.21. The first-order valence-electron chi connectivity index (χ1n) is 11.0. The number of benzene rings is 2. The van der Waals surface area contributed by atoms with E-state index in [-0.39, 0.29) is 31.2 Å². The van der Waals surface area contributed by atoms with Crippen LogP contribution >= 0.6 is 0 Å². The lowest BCUT2D eigenvalue weighted by atomic mass is 9.88. The van der Waals surface area contributed by atoms with E-state index in [1.54, 1.807) is 19.1 Å². The molecule has 2 atom stereocenters. The van der Waals surface area contributed by atoms with Crippen molar-refractivity contribution in [3.05, 3.63) is 75.5 Å². The molecule has 0 radical (unpaired) electrons. The van der Waals surface area contributed by atoms with Gasteiger partial charge in [-0.05, 0) is 24.1 Å². The monoisotopic (exact) mass is 462 g/mol. The number of non-ortho nitro benzene ring substituents is 1. The first-order valence-corrected chi connectivity index (χ1v) is 11.0. The zero-order valence-electron chi connectivity index (χ0n) is 18.4. The van der Waals surface area contributed by atoms with Gasteiger partial charge in [-0.15, -0.1) is 0 Å². The van der Waals surface area contributed by atoms with Gasteiger partial charge in [-0.1, -0.05) is 30.3 Å². The topological polar surface area (TPSA) is 126 Å². The van der Waals surface area contributed by atoms with Crippen LogP contribution in [0.25, 0.3) is 10.9 Å². The number of urea groups is 1. The van der Waals surface area contributed by atoms with Crippen LogP contribution in [0.4, 0.5) is 10.5 Å². The number of aromatic amines is 1. The highest BCUT2D eigenvalue weighted by Gasteiger charge is 2.52. The van der Waals surface area contributed by atoms with E-state index in [0.717, 1.165) is 27.1 Å². The summed E-state index contributed by atoms with van der Waals surface area (Å²) in [5, 5.41) is 12.4. The van der Waals surface area contributed by atoms with Gasteiger partial charge in [0.15, 0.2) is 0 Å². The average Bonchev–Trinajstić information content (AvgIpc) is 3.31. The number of rotatable bonds is 6. The van der Waals surface area contributed by atoms with Gasteiger partial charge in [0.2, 0.25) is 0 Å². The highest BCUT2D eigenvalue weighted by molar-refractivity contribution is 6.06. The molecule has 1 saturated heterocycles. The summed E-state index contributed by atoms with van der Waals surface area (Å²) in [4.78, 5) is 55.5. The Kier molecular flexibility index (Phi) is 5.27. The number of hydrogen-bond acceptors (Lipinski definition) is 6. The number of H-pyrrole nitrogens is 1. The summed E-state index contributed by atoms with van der Waals surface area (Å²) in [6, 6.07) is 11.7. The number of esters is 1. The molecule has 174 valence electrons. The molecule has 0 bridgehead atoms. The molecule has 3 aromatic rings. The third-order valence-corrected chi connectivity index (χ3v) is 6.38. The van der Waals surface area contributed by atoms with Gasteiger partial charge in [0.1, 0.15) is 12.1 Å². The van der Waals surface area contributed by atoms with Gasteiger partial charge in [-0.2, -0.15) is 0 Å². The van der Waals surface area contributed by atoms with Crippen LogP contribution in [-0.4, -0.2) is 56.8 Å². The predicted molar refractivity (Wildman–Crippen MR) is 121 cm³/mol. The molecule has 2 aromatic carbocycles. The molecule has 0 saturated carbocycles. The van der Waals surface area contributed by atoms with Gasteiger partial charge in [-0.3, -0.25) is 29.5 Å². The van der Waals surface area contributed by atoms with E-state index in [1.165, 1.54) is 17.0 Å². The van der Waals surface area contributed by atoms with E-state index in [0.29, 0.717) is 12.0 Å². The maximum absolute atomic E-state index is 13.5. The molecular formula is C24H22N4O6. The Balaban J connectivity index is 1.60. The van der Waals surface area contributed by atoms with Crippen LogP contribution in [0.15, 0.2) is 48.5 Å². The number of carbonyl (C=O) groups is 3. The fourth-order valence-electron chi connectivity index (χ4n) is 4.93. The number of fused-ring (bicyclic) bond motifs is 4. The second-order valence-corrected chi connectivity index (χ2v) is 8.27. The number of nitro groups is 1. The normalized spacial score (nSPS) is 19.3. The Morgan fingerprint density at radius 3 is 2.76 bits per heavy atom. The summed E-state index contributed by atoms with van der Waals surface area (Å²) in [6.07, 6.45) is 0.215. The van der Waals surface area contributed by atoms with Gasteiger partial charge < -0.3 is 9.72 Å². The minimum absolute atomic E-state index is 0.0835. The van der Waals surface area contributed by atoms with Crippen LogP contribution in [0.3, 0.4) is 0 Å². The summed E-state index contributed by atoms with van der Waals surface area (Å²) in [5.74, 6) is -0.875. The number of amides is 3. The summed E-state index contributed by atoms with van der Waals surface area (Å²) < 4.78 is 4.93. The summed E-state index contributed by atoms with van der Waals surface area (Å²) in [5.41, 5.74) is 2.92. The number of nitrogens with zero attached hydrogens (tertiary/aromatic N) is 3. The SMILES string of the molecule is CCOC(=O)CCN1C(=O)[C@@H]2Cc3c([nH]c4ccccc34)[C@@H](c3cccc([N+](=O)[O-])c3)N2C1=O. The molecule has 1 N–H and O–H groups in total. The smallest absolute Gasteiger partial charge is 0.328 e. The lowest BCUT2D eigenvalue weighted by Crippen LogP contribution is -2.44. The molecule has 1 fully saturated rings. The van der Waals surface area contributed by atoms with Crippen molar-refractivity contribution >= 4 is 34.5 Å². The quantitative estimate of drug-likeness (QED) is 0.259. The Morgan fingerprint density at radius 1 is 1.21 bits per heavy atom. The van der Waals surface area contributed by atoms with E-state index in [4.69, 9.17) is 4.74 Å². The van der Waals surface area contributed by atoms with Crippen LogP contribution in [-0.2, 0) is 20.7 Å². The number of nitrogens with one attached hydrogen (secondary N) is 1. The minimum atomic E-state index is -0.773. The molecule has 3 heterocycles. The van der Waals surface area contributed by atoms with Crippen molar-refractivity contribution in [2.24, 2.45) is 0 Å². The molecular weight excluding hydrogens is 440 g/mol. The van der Waals surface area contributed by atoms with Crippen molar-refractivity contribution in [3.63, 3.8) is 0 Å². The van der Waals surface area contributed by atoms with Gasteiger partial charge in [-0.25, -0.2) is 4.79 Å². The molecule has 2 aliphatic rings. The van der Waals surface area contributed by atoms with E-state index < -0.39 is 29.0 Å². The lowest BCUT2D eigenvalue weighted by Gasteiger charge is -2.35. The van der Waals surface area contributed by atoms with Crippen LogP contribution in [0, 0.1) is 10.1 Å². The number of imide groups is 1. The second-order valence-electron chi connectivity index (χ2n) is 8.27. The third-order valence-electron chi connectivity index (χ3n) is 6.38. The molecule has 10 heteroatoms. The Morgan fingerprint density at radius 2 is 2.00 bits per heavy atom. The zero-order valence-corrected chi connectivity index (χ0v) is 18.4. The molecule has 5 rings (SSSR count). The molecule has 3 amide bonds. The van der Waals surface area contributed by atoms with Crippen molar-refractivity contribution < 1.29 is 24.0 Å². The van der Waals surface area contributed by atoms with Gasteiger partial charge >= 0.3 is 12.0 Å². The van der Waals surface area contributed by atoms with Gasteiger partial charge in [0, 0.05) is 41.7 Å². The first-order chi connectivity index (χ1) is 16.4. The van der Waals surface area contributed by atoms with Gasteiger partial charge in [0.05, 0.1) is 18.0 Å². The number of ether oxygens (including phenoxy) is 1. The number of carbonyl (C=O) groups excluding carboxylic acids is 3. The fraction of sp³-hybridized carbons (Fsp3) is 0.292. The second kappa shape index (κ2) is 8.29. The average molecular weight is 462 g/mol. The van der Waals surface area contributed by atoms with Crippen LogP contribution < -0.4 is 0 Å². The molecule has 34 heavy (non-hydrogen) atoms. The van der Waals surface area contributed by atoms with Crippen LogP contribution in [0.5, 0.6) is 0 Å². The van der Waals surface area contributed by atoms with Crippen molar-refractivity contribution in [1.82, 2.24) is 14.8 Å². The number of nitro benzene ring substituents is 1. The van der Waals surface area contributed by atoms with E-state index in [2.05, 4.69) is 4.98 Å². The third kappa shape index (κ3) is 3.38. The van der Waals surface area contributed by atoms with Crippen molar-refractivity contribution in [3.8, 4) is 0 Å². The zero-order chi connectivity index (χ0) is 24.0. The fourth-order valence-corrected chi connectivity index (χ4v) is 4.93. The largest absolute Gasteiger partial charge is 0.466 e. The van der Waals surface area contributed by atoms with Crippen molar-refractivity contribution in [2.45, 2.75) is 31.8 Å². The van der Waals surface area contributed by atoms with Gasteiger partial charge in [0.25, 0.3) is 11.6 Å². The lowest BCUT2D eigenvalue weighted by molar-refractivity contribution is -0.384. The standard InChI is InChI=1S/C24H22N4O6/c1-2-34-20(29)10-11-26-23(30)19-13-17-16-8-3-4-9-18(16)25-21(17)22(27(19)24(26)31)14-6-5-7-15(12-14)28(32)33/h3-9,12,19,22,25H,2,10-11,13H2,1H3/t19-,22+/m0/s1. The van der Waals surface area contributed by atoms with E-state index >= 15 is 0 Å². The molecule has 0 unspecified atom stereocenters. The summed E-state index contributed by atoms with van der Waals surface area (Å²) in [6.45, 7) is 1.82. The van der Waals surface area contributed by atoms with Crippen molar-refractivity contribution in [1.29, 1.82) is 0 Å². The van der Waals surface area contributed by atoms with E-state index in [9.17, 15) is 24.5 Å². The summed E-state index contributed by atoms with van der Waals surface area (Å²) >= 11 is 0. The molecule has 0 aliphatic carbocycles. The number of hydrogen-bond donors (Lipinski definition) is 1. The van der Waals surface area contributed by atoms with E-state index in [1.807, 2.05) is 24.3 Å². The Labute approximate surface area is 194 Å². The molecule has 1 aromatic heterocycles. The number of para-hydroxylation sites is 1. The molecule has 10 nitrogen and oxygen atoms in total. The van der Waals surface area contributed by atoms with Crippen LogP contribution in [0.1, 0.15) is 36.2 Å². The minimum Gasteiger partial charge on any atom is -0.466 e. The summed E-state index contributed by atoms with van der Waals surface area (Å²) in [7, 11) is 0. The van der Waals surface area contributed by atoms with Crippen LogP contribution in [0.2, 0.25) is 0 Å². The van der Waals surface area contributed by atoms with Crippen molar-refractivity contribution in [2.75, 3.05) is 13.2 Å². The maximum Gasteiger partial charge on any atom is 0.328 e. The highest BCUT2D eigenvalue weighted by Crippen LogP contribution is 2.44.